The van der Waals surface area contributed by atoms with Gasteiger partial charge in [-0.15, -0.1) is 0 Å². The molecule has 8 heteroatoms. The van der Waals surface area contributed by atoms with Crippen LogP contribution in [0.15, 0.2) is 42.5 Å². The molecule has 1 aliphatic heterocycles. The number of likely N-dealkylation sites (tertiary alicyclic amines) is 1. The molecule has 0 spiro atoms. The molecule has 0 radical (unpaired) electrons. The molecule has 1 saturated heterocycles. The van der Waals surface area contributed by atoms with Crippen molar-refractivity contribution < 1.29 is 14.3 Å². The van der Waals surface area contributed by atoms with Crippen LogP contribution in [-0.2, 0) is 27.3 Å². The number of imidazole rings is 1. The number of ether oxygens (including phenoxy) is 1. The van der Waals surface area contributed by atoms with Crippen LogP contribution in [0.3, 0.4) is 0 Å². The lowest BCUT2D eigenvalue weighted by Crippen LogP contribution is -2.43. The summed E-state index contributed by atoms with van der Waals surface area (Å²) in [4.78, 5) is 31.7. The Bertz CT molecular complexity index is 1140. The highest BCUT2D eigenvalue weighted by Gasteiger charge is 2.29. The minimum Gasteiger partial charge on any atom is -0.466 e. The fourth-order valence-corrected chi connectivity index (χ4v) is 4.92. The lowest BCUT2D eigenvalue weighted by Gasteiger charge is -2.31. The number of esters is 1. The first kappa shape index (κ1) is 23.6. The first-order valence-corrected chi connectivity index (χ1v) is 12.0. The highest BCUT2D eigenvalue weighted by atomic mass is 35.5. The van der Waals surface area contributed by atoms with Gasteiger partial charge in [-0.05, 0) is 49.6 Å². The zero-order chi connectivity index (χ0) is 23.4. The molecule has 174 valence electrons. The number of aryl methyl sites for hydroxylation is 1. The largest absolute Gasteiger partial charge is 0.466 e. The Labute approximate surface area is 203 Å². The van der Waals surface area contributed by atoms with Crippen LogP contribution in [0, 0.1) is 5.92 Å². The maximum Gasteiger partial charge on any atom is 0.310 e. The number of carbonyl (C=O) groups is 2. The van der Waals surface area contributed by atoms with E-state index in [1.807, 2.05) is 42.5 Å². The minimum absolute atomic E-state index is 0.0310. The zero-order valence-corrected chi connectivity index (χ0v) is 20.1. The van der Waals surface area contributed by atoms with Crippen molar-refractivity contribution >= 4 is 46.1 Å². The molecule has 1 aliphatic rings. The van der Waals surface area contributed by atoms with E-state index in [2.05, 4.69) is 4.57 Å². The zero-order valence-electron chi connectivity index (χ0n) is 18.6. The van der Waals surface area contributed by atoms with Crippen LogP contribution in [-0.4, -0.2) is 46.0 Å². The number of aromatic nitrogens is 2. The van der Waals surface area contributed by atoms with Gasteiger partial charge in [-0.2, -0.15) is 0 Å². The van der Waals surface area contributed by atoms with Gasteiger partial charge in [-0.3, -0.25) is 9.59 Å². The van der Waals surface area contributed by atoms with E-state index < -0.39 is 0 Å². The van der Waals surface area contributed by atoms with Crippen molar-refractivity contribution in [3.8, 4) is 0 Å². The monoisotopic (exact) mass is 487 g/mol. The fraction of sp³-hybridized carbons (Fsp3) is 0.400. The normalized spacial score (nSPS) is 16.2. The SMILES string of the molecule is CCOC(=O)[C@H]1CCCN(C(=O)CCn2c(Cc3c(Cl)cccc3Cl)nc3ccccc32)C1. The summed E-state index contributed by atoms with van der Waals surface area (Å²) >= 11 is 12.8. The number of halogens is 2. The molecule has 1 fully saturated rings. The molecule has 6 nitrogen and oxygen atoms in total. The molecular weight excluding hydrogens is 461 g/mol. The minimum atomic E-state index is -0.241. The number of hydrogen-bond acceptors (Lipinski definition) is 4. The topological polar surface area (TPSA) is 64.4 Å². The molecule has 3 aromatic rings. The number of fused-ring (bicyclic) bond motifs is 1. The standard InChI is InChI=1S/C25H27Cl2N3O3/c1-2-33-25(32)17-7-6-13-29(16-17)24(31)12-14-30-22-11-4-3-10-21(22)28-23(30)15-18-19(26)8-5-9-20(18)27/h3-5,8-11,17H,2,6-7,12-16H2,1H3/t17-/m0/s1. The molecular formula is C25H27Cl2N3O3. The van der Waals surface area contributed by atoms with E-state index >= 15 is 0 Å². The Balaban J connectivity index is 1.52. The molecule has 1 atom stereocenters. The second-order valence-electron chi connectivity index (χ2n) is 8.23. The molecule has 2 aromatic carbocycles. The van der Waals surface area contributed by atoms with Crippen molar-refractivity contribution in [2.24, 2.45) is 5.92 Å². The van der Waals surface area contributed by atoms with Crippen LogP contribution in [0.2, 0.25) is 10.0 Å². The van der Waals surface area contributed by atoms with Gasteiger partial charge in [0.15, 0.2) is 0 Å². The maximum absolute atomic E-state index is 13.0. The number of amides is 1. The van der Waals surface area contributed by atoms with Crippen molar-refractivity contribution in [3.63, 3.8) is 0 Å². The molecule has 2 heterocycles. The van der Waals surface area contributed by atoms with E-state index in [0.29, 0.717) is 49.1 Å². The lowest BCUT2D eigenvalue weighted by molar-refractivity contribution is -0.151. The third-order valence-electron chi connectivity index (χ3n) is 6.07. The molecule has 0 N–H and O–H groups in total. The summed E-state index contributed by atoms with van der Waals surface area (Å²) in [5, 5.41) is 1.19. The third-order valence-corrected chi connectivity index (χ3v) is 6.78. The van der Waals surface area contributed by atoms with Gasteiger partial charge >= 0.3 is 5.97 Å². The van der Waals surface area contributed by atoms with Crippen LogP contribution in [0.5, 0.6) is 0 Å². The predicted octanol–water partition coefficient (Wildman–Crippen LogP) is 5.13. The van der Waals surface area contributed by atoms with Crippen LogP contribution >= 0.6 is 23.2 Å². The number of hydrogen-bond donors (Lipinski definition) is 0. The van der Waals surface area contributed by atoms with Gasteiger partial charge in [-0.1, -0.05) is 41.4 Å². The Hall–Kier alpha value is -2.57. The quantitative estimate of drug-likeness (QED) is 0.433. The summed E-state index contributed by atoms with van der Waals surface area (Å²) in [6.07, 6.45) is 2.35. The van der Waals surface area contributed by atoms with Crippen LogP contribution in [0.4, 0.5) is 0 Å². The third kappa shape index (κ3) is 5.33. The van der Waals surface area contributed by atoms with Crippen molar-refractivity contribution in [1.29, 1.82) is 0 Å². The number of benzene rings is 2. The molecule has 0 bridgehead atoms. The summed E-state index contributed by atoms with van der Waals surface area (Å²) in [6.45, 7) is 3.73. The lowest BCUT2D eigenvalue weighted by atomic mass is 9.98. The summed E-state index contributed by atoms with van der Waals surface area (Å²) in [5.41, 5.74) is 2.65. The first-order valence-electron chi connectivity index (χ1n) is 11.3. The van der Waals surface area contributed by atoms with Crippen molar-refractivity contribution in [2.75, 3.05) is 19.7 Å². The van der Waals surface area contributed by atoms with E-state index in [9.17, 15) is 9.59 Å². The van der Waals surface area contributed by atoms with Crippen LogP contribution < -0.4 is 0 Å². The summed E-state index contributed by atoms with van der Waals surface area (Å²) < 4.78 is 7.23. The fourth-order valence-electron chi connectivity index (χ4n) is 4.39. The van der Waals surface area contributed by atoms with Gasteiger partial charge in [0, 0.05) is 42.5 Å². The molecule has 0 aliphatic carbocycles. The number of rotatable bonds is 7. The Kier molecular flexibility index (Phi) is 7.56. The van der Waals surface area contributed by atoms with Crippen LogP contribution in [0.1, 0.15) is 37.6 Å². The second kappa shape index (κ2) is 10.6. The average Bonchev–Trinajstić information content (AvgIpc) is 3.17. The number of piperidine rings is 1. The van der Waals surface area contributed by atoms with Crippen LogP contribution in [0.25, 0.3) is 11.0 Å². The molecule has 0 saturated carbocycles. The van der Waals surface area contributed by atoms with Gasteiger partial charge < -0.3 is 14.2 Å². The highest BCUT2D eigenvalue weighted by Crippen LogP contribution is 2.28. The summed E-state index contributed by atoms with van der Waals surface area (Å²) in [7, 11) is 0. The van der Waals surface area contributed by atoms with E-state index in [-0.39, 0.29) is 17.8 Å². The number of nitrogens with zero attached hydrogens (tertiary/aromatic N) is 3. The molecule has 1 amide bonds. The number of carbonyl (C=O) groups excluding carboxylic acids is 2. The smallest absolute Gasteiger partial charge is 0.310 e. The highest BCUT2D eigenvalue weighted by molar-refractivity contribution is 6.36. The van der Waals surface area contributed by atoms with Crippen molar-refractivity contribution in [1.82, 2.24) is 14.5 Å². The predicted molar refractivity (Wildman–Crippen MR) is 130 cm³/mol. The van der Waals surface area contributed by atoms with Gasteiger partial charge in [0.25, 0.3) is 0 Å². The van der Waals surface area contributed by atoms with Gasteiger partial charge in [-0.25, -0.2) is 4.98 Å². The first-order chi connectivity index (χ1) is 16.0. The Morgan fingerprint density at radius 3 is 2.64 bits per heavy atom. The molecule has 0 unspecified atom stereocenters. The van der Waals surface area contributed by atoms with Gasteiger partial charge in [0.1, 0.15) is 5.82 Å². The van der Waals surface area contributed by atoms with E-state index in [0.717, 1.165) is 35.3 Å². The average molecular weight is 488 g/mol. The Morgan fingerprint density at radius 1 is 1.12 bits per heavy atom. The second-order valence-corrected chi connectivity index (χ2v) is 9.04. The molecule has 1 aromatic heterocycles. The maximum atomic E-state index is 13.0. The van der Waals surface area contributed by atoms with Crippen molar-refractivity contribution in [2.45, 2.75) is 39.2 Å². The van der Waals surface area contributed by atoms with Gasteiger partial charge in [0.2, 0.25) is 5.91 Å². The molecule has 33 heavy (non-hydrogen) atoms. The summed E-state index contributed by atoms with van der Waals surface area (Å²) in [5.74, 6) is 0.384. The van der Waals surface area contributed by atoms with E-state index in [1.54, 1.807) is 11.8 Å². The van der Waals surface area contributed by atoms with E-state index in [4.69, 9.17) is 32.9 Å². The Morgan fingerprint density at radius 2 is 1.88 bits per heavy atom. The van der Waals surface area contributed by atoms with Crippen molar-refractivity contribution in [3.05, 3.63) is 63.9 Å². The summed E-state index contributed by atoms with van der Waals surface area (Å²) in [6, 6.07) is 13.3. The number of para-hydroxylation sites is 2. The molecule has 4 rings (SSSR count). The van der Waals surface area contributed by atoms with E-state index in [1.165, 1.54) is 0 Å². The van der Waals surface area contributed by atoms with Gasteiger partial charge in [0.05, 0.1) is 23.6 Å².